The van der Waals surface area contributed by atoms with Crippen molar-refractivity contribution in [1.82, 2.24) is 10.2 Å². The second-order valence-corrected chi connectivity index (χ2v) is 6.41. The van der Waals surface area contributed by atoms with Crippen LogP contribution in [0.1, 0.15) is 18.4 Å². The molecular weight excluding hydrogens is 304 g/mol. The number of piperidine rings is 1. The summed E-state index contributed by atoms with van der Waals surface area (Å²) in [4.78, 5) is 14.0. The van der Waals surface area contributed by atoms with Crippen molar-refractivity contribution >= 4 is 17.5 Å². The third-order valence-corrected chi connectivity index (χ3v) is 4.46. The highest BCUT2D eigenvalue weighted by Crippen LogP contribution is 2.21. The smallest absolute Gasteiger partial charge is 0.258 e. The highest BCUT2D eigenvalue weighted by atomic mass is 35.5. The molecule has 0 atom stereocenters. The number of carbonyl (C=O) groups is 1. The Morgan fingerprint density at radius 1 is 1.45 bits per heavy atom. The normalized spacial score (nSPS) is 18.0. The zero-order chi connectivity index (χ0) is 16.2. The molecule has 0 unspecified atom stereocenters. The van der Waals surface area contributed by atoms with Gasteiger partial charge in [-0.3, -0.25) is 4.79 Å². The zero-order valence-corrected chi connectivity index (χ0v) is 13.8. The van der Waals surface area contributed by atoms with E-state index in [0.29, 0.717) is 23.6 Å². The lowest BCUT2D eigenvalue weighted by atomic mass is 9.91. The van der Waals surface area contributed by atoms with Gasteiger partial charge in [0.05, 0.1) is 5.60 Å². The Bertz CT molecular complexity index is 528. The summed E-state index contributed by atoms with van der Waals surface area (Å²) in [5, 5.41) is 13.8. The summed E-state index contributed by atoms with van der Waals surface area (Å²) in [6.45, 7) is 3.75. The average molecular weight is 327 g/mol. The molecule has 5 nitrogen and oxygen atoms in total. The van der Waals surface area contributed by atoms with Crippen LogP contribution in [0.4, 0.5) is 0 Å². The van der Waals surface area contributed by atoms with Gasteiger partial charge in [0.1, 0.15) is 5.75 Å². The lowest BCUT2D eigenvalue weighted by Crippen LogP contribution is -2.50. The maximum absolute atomic E-state index is 11.8. The van der Waals surface area contributed by atoms with Crippen molar-refractivity contribution in [2.75, 3.05) is 33.3 Å². The maximum Gasteiger partial charge on any atom is 0.258 e. The van der Waals surface area contributed by atoms with Crippen molar-refractivity contribution in [3.8, 4) is 5.75 Å². The predicted molar refractivity (Wildman–Crippen MR) is 86.4 cm³/mol. The molecule has 1 fully saturated rings. The third kappa shape index (κ3) is 4.87. The number of carbonyl (C=O) groups excluding carboxylic acids is 1. The minimum atomic E-state index is -0.807. The number of hydrogen-bond donors (Lipinski definition) is 2. The number of amides is 1. The van der Waals surface area contributed by atoms with E-state index in [4.69, 9.17) is 16.3 Å². The molecule has 6 heteroatoms. The minimum Gasteiger partial charge on any atom is -0.484 e. The first-order valence-electron chi connectivity index (χ1n) is 7.44. The van der Waals surface area contributed by atoms with Crippen LogP contribution in [0.3, 0.4) is 0 Å². The first-order chi connectivity index (χ1) is 10.4. The molecule has 0 saturated carbocycles. The Morgan fingerprint density at radius 3 is 2.77 bits per heavy atom. The number of ether oxygens (including phenoxy) is 1. The molecule has 1 aromatic rings. The Balaban J connectivity index is 1.75. The van der Waals surface area contributed by atoms with Gasteiger partial charge in [-0.15, -0.1) is 0 Å². The lowest BCUT2D eigenvalue weighted by Gasteiger charge is -2.36. The molecule has 1 aliphatic heterocycles. The van der Waals surface area contributed by atoms with Crippen molar-refractivity contribution in [3.63, 3.8) is 0 Å². The van der Waals surface area contributed by atoms with E-state index in [1.165, 1.54) is 0 Å². The molecule has 0 radical (unpaired) electrons. The summed E-state index contributed by atoms with van der Waals surface area (Å²) in [7, 11) is 2.03. The molecule has 22 heavy (non-hydrogen) atoms. The molecule has 2 N–H and O–H groups in total. The molecule has 0 aliphatic carbocycles. The molecular formula is C16H23ClN2O3. The number of nitrogens with one attached hydrogen (secondary N) is 1. The van der Waals surface area contributed by atoms with Crippen molar-refractivity contribution < 1.29 is 14.6 Å². The van der Waals surface area contributed by atoms with E-state index in [9.17, 15) is 9.90 Å². The molecule has 1 heterocycles. The van der Waals surface area contributed by atoms with Gasteiger partial charge in [0, 0.05) is 24.7 Å². The molecule has 2 rings (SSSR count). The van der Waals surface area contributed by atoms with Gasteiger partial charge in [-0.1, -0.05) is 11.6 Å². The predicted octanol–water partition coefficient (Wildman–Crippen LogP) is 1.60. The van der Waals surface area contributed by atoms with Crippen LogP contribution < -0.4 is 10.1 Å². The highest BCUT2D eigenvalue weighted by molar-refractivity contribution is 6.31. The monoisotopic (exact) mass is 326 g/mol. The Labute approximate surface area is 136 Å². The Hall–Kier alpha value is -1.30. The zero-order valence-electron chi connectivity index (χ0n) is 13.1. The molecule has 122 valence electrons. The summed E-state index contributed by atoms with van der Waals surface area (Å²) >= 11 is 5.94. The largest absolute Gasteiger partial charge is 0.484 e. The first kappa shape index (κ1) is 17.1. The number of aliphatic hydroxyl groups is 1. The average Bonchev–Trinajstić information content (AvgIpc) is 2.50. The number of aryl methyl sites for hydroxylation is 1. The van der Waals surface area contributed by atoms with E-state index < -0.39 is 5.60 Å². The van der Waals surface area contributed by atoms with Crippen LogP contribution >= 0.6 is 11.6 Å². The van der Waals surface area contributed by atoms with E-state index in [0.717, 1.165) is 18.7 Å². The van der Waals surface area contributed by atoms with Gasteiger partial charge in [0.2, 0.25) is 0 Å². The van der Waals surface area contributed by atoms with Crippen LogP contribution in [0.15, 0.2) is 18.2 Å². The molecule has 0 aromatic heterocycles. The van der Waals surface area contributed by atoms with Crippen molar-refractivity contribution in [3.05, 3.63) is 28.8 Å². The molecule has 1 aliphatic rings. The van der Waals surface area contributed by atoms with Crippen LogP contribution in [-0.4, -0.2) is 54.8 Å². The summed E-state index contributed by atoms with van der Waals surface area (Å²) < 4.78 is 5.43. The molecule has 0 bridgehead atoms. The lowest BCUT2D eigenvalue weighted by molar-refractivity contribution is -0.124. The van der Waals surface area contributed by atoms with Crippen LogP contribution in [0.2, 0.25) is 5.02 Å². The van der Waals surface area contributed by atoms with Gasteiger partial charge in [0.25, 0.3) is 5.91 Å². The van der Waals surface area contributed by atoms with Crippen molar-refractivity contribution in [1.29, 1.82) is 0 Å². The van der Waals surface area contributed by atoms with E-state index in [2.05, 4.69) is 10.2 Å². The van der Waals surface area contributed by atoms with E-state index >= 15 is 0 Å². The van der Waals surface area contributed by atoms with Crippen LogP contribution in [-0.2, 0) is 4.79 Å². The van der Waals surface area contributed by atoms with Gasteiger partial charge in [-0.25, -0.2) is 0 Å². The van der Waals surface area contributed by atoms with Crippen LogP contribution in [0.25, 0.3) is 0 Å². The minimum absolute atomic E-state index is 0.0724. The fourth-order valence-electron chi connectivity index (χ4n) is 2.38. The molecule has 1 amide bonds. The summed E-state index contributed by atoms with van der Waals surface area (Å²) in [6.07, 6.45) is 1.34. The maximum atomic E-state index is 11.8. The fourth-order valence-corrected chi connectivity index (χ4v) is 2.50. The number of halogens is 1. The second-order valence-electron chi connectivity index (χ2n) is 6.00. The summed E-state index contributed by atoms with van der Waals surface area (Å²) in [5.74, 6) is 0.370. The number of benzene rings is 1. The van der Waals surface area contributed by atoms with E-state index in [-0.39, 0.29) is 19.1 Å². The number of likely N-dealkylation sites (tertiary alicyclic amines) is 1. The Morgan fingerprint density at radius 2 is 2.14 bits per heavy atom. The SMILES string of the molecule is Cc1cc(OCC(=O)NCC2(O)CCN(C)CC2)ccc1Cl. The van der Waals surface area contributed by atoms with E-state index in [1.54, 1.807) is 18.2 Å². The second kappa shape index (κ2) is 7.31. The molecule has 1 aromatic carbocycles. The first-order valence-corrected chi connectivity index (χ1v) is 7.82. The van der Waals surface area contributed by atoms with Gasteiger partial charge in [-0.05, 0) is 50.6 Å². The quantitative estimate of drug-likeness (QED) is 0.863. The van der Waals surface area contributed by atoms with Gasteiger partial charge < -0.3 is 20.1 Å². The van der Waals surface area contributed by atoms with Gasteiger partial charge in [0.15, 0.2) is 6.61 Å². The Kier molecular flexibility index (Phi) is 5.67. The number of hydrogen-bond acceptors (Lipinski definition) is 4. The number of nitrogens with zero attached hydrogens (tertiary/aromatic N) is 1. The summed E-state index contributed by atoms with van der Waals surface area (Å²) in [6, 6.07) is 5.26. The topological polar surface area (TPSA) is 61.8 Å². The van der Waals surface area contributed by atoms with Crippen LogP contribution in [0.5, 0.6) is 5.75 Å². The number of rotatable bonds is 5. The van der Waals surface area contributed by atoms with Gasteiger partial charge >= 0.3 is 0 Å². The van der Waals surface area contributed by atoms with Gasteiger partial charge in [-0.2, -0.15) is 0 Å². The van der Waals surface area contributed by atoms with Crippen molar-refractivity contribution in [2.45, 2.75) is 25.4 Å². The fraction of sp³-hybridized carbons (Fsp3) is 0.562. The standard InChI is InChI=1S/C16H23ClN2O3/c1-12-9-13(3-4-14(12)17)22-10-15(20)18-11-16(21)5-7-19(2)8-6-16/h3-4,9,21H,5-8,10-11H2,1-2H3,(H,18,20). The third-order valence-electron chi connectivity index (χ3n) is 4.03. The highest BCUT2D eigenvalue weighted by Gasteiger charge is 2.31. The van der Waals surface area contributed by atoms with Crippen LogP contribution in [0, 0.1) is 6.92 Å². The summed E-state index contributed by atoms with van der Waals surface area (Å²) in [5.41, 5.74) is 0.0965. The molecule has 1 saturated heterocycles. The van der Waals surface area contributed by atoms with Crippen molar-refractivity contribution in [2.24, 2.45) is 0 Å². The molecule has 0 spiro atoms. The van der Waals surface area contributed by atoms with E-state index in [1.807, 2.05) is 14.0 Å².